The number of nitrogens with one attached hydrogen (secondary N) is 2. The van der Waals surface area contributed by atoms with Crippen molar-refractivity contribution in [1.29, 1.82) is 0 Å². The number of aromatic nitrogens is 3. The van der Waals surface area contributed by atoms with Crippen LogP contribution in [0.15, 0.2) is 24.3 Å². The van der Waals surface area contributed by atoms with Crippen LogP contribution in [0.2, 0.25) is 0 Å². The molecule has 1 aromatic carbocycles. The zero-order chi connectivity index (χ0) is 18.9. The van der Waals surface area contributed by atoms with Crippen molar-refractivity contribution < 1.29 is 4.79 Å². The molecule has 7 nitrogen and oxygen atoms in total. The smallest absolute Gasteiger partial charge is 0.232 e. The summed E-state index contributed by atoms with van der Waals surface area (Å²) in [6, 6.07) is 8.10. The average Bonchev–Trinajstić information content (AvgIpc) is 2.61. The number of anilines is 3. The lowest BCUT2D eigenvalue weighted by molar-refractivity contribution is -0.119. The molecule has 1 heterocycles. The molecule has 2 rings (SSSR count). The number of carbonyl (C=O) groups excluding carboxylic acids is 1. The second kappa shape index (κ2) is 9.96. The van der Waals surface area contributed by atoms with Crippen molar-refractivity contribution in [3.8, 4) is 0 Å². The summed E-state index contributed by atoms with van der Waals surface area (Å²) in [6.45, 7) is 6.14. The molecule has 1 amide bonds. The molecule has 0 aliphatic heterocycles. The van der Waals surface area contributed by atoms with Crippen molar-refractivity contribution in [2.75, 3.05) is 16.8 Å². The molecule has 0 radical (unpaired) electrons. The third-order valence-corrected chi connectivity index (χ3v) is 4.83. The number of hydrogen-bond donors (Lipinski definition) is 3. The molecule has 0 aliphatic rings. The predicted octanol–water partition coefficient (Wildman–Crippen LogP) is 3.04. The lowest BCUT2D eigenvalue weighted by atomic mass is 10.2. The molecule has 140 valence electrons. The van der Waals surface area contributed by atoms with Gasteiger partial charge in [-0.3, -0.25) is 4.79 Å². The standard InChI is InChI=1S/C18H26N6OS/c1-4-13(5-2)20-16(25)11-26-10-15-22-17(19)24-18(23-15)21-14-9-7-6-8-12(14)3/h6-9,13H,4-5,10-11H2,1-3H3,(H,20,25)(H3,19,21,22,23,24). The first-order valence-corrected chi connectivity index (χ1v) is 9.87. The van der Waals surface area contributed by atoms with E-state index in [1.54, 1.807) is 0 Å². The number of nitrogens with two attached hydrogens (primary N) is 1. The van der Waals surface area contributed by atoms with Gasteiger partial charge in [-0.2, -0.15) is 15.0 Å². The maximum atomic E-state index is 12.0. The van der Waals surface area contributed by atoms with E-state index >= 15 is 0 Å². The molecule has 0 saturated carbocycles. The van der Waals surface area contributed by atoms with E-state index in [4.69, 9.17) is 5.73 Å². The summed E-state index contributed by atoms with van der Waals surface area (Å²) in [5.41, 5.74) is 7.80. The highest BCUT2D eigenvalue weighted by Gasteiger charge is 2.10. The molecule has 0 spiro atoms. The van der Waals surface area contributed by atoms with E-state index in [1.807, 2.05) is 31.2 Å². The third kappa shape index (κ3) is 6.18. The van der Waals surface area contributed by atoms with Gasteiger partial charge in [0.05, 0.1) is 11.5 Å². The number of nitrogens with zero attached hydrogens (tertiary/aromatic N) is 3. The van der Waals surface area contributed by atoms with E-state index in [-0.39, 0.29) is 17.9 Å². The van der Waals surface area contributed by atoms with Crippen LogP contribution in [-0.4, -0.2) is 32.7 Å². The van der Waals surface area contributed by atoms with Crippen molar-refractivity contribution in [2.45, 2.75) is 45.4 Å². The fourth-order valence-electron chi connectivity index (χ4n) is 2.39. The van der Waals surface area contributed by atoms with Crippen LogP contribution in [0.4, 0.5) is 17.6 Å². The van der Waals surface area contributed by atoms with E-state index in [0.29, 0.717) is 23.3 Å². The third-order valence-electron chi connectivity index (χ3n) is 3.91. The Morgan fingerprint density at radius 3 is 2.62 bits per heavy atom. The maximum Gasteiger partial charge on any atom is 0.232 e. The van der Waals surface area contributed by atoms with Gasteiger partial charge in [0.2, 0.25) is 17.8 Å². The Balaban J connectivity index is 1.93. The summed E-state index contributed by atoms with van der Waals surface area (Å²) in [6.07, 6.45) is 1.87. The quantitative estimate of drug-likeness (QED) is 0.619. The van der Waals surface area contributed by atoms with Crippen LogP contribution in [0, 0.1) is 6.92 Å². The fourth-order valence-corrected chi connectivity index (χ4v) is 3.07. The molecular formula is C18H26N6OS. The first kappa shape index (κ1) is 20.0. The minimum absolute atomic E-state index is 0.0315. The van der Waals surface area contributed by atoms with Gasteiger partial charge in [-0.25, -0.2) is 0 Å². The Bertz CT molecular complexity index is 735. The van der Waals surface area contributed by atoms with Crippen LogP contribution in [-0.2, 0) is 10.5 Å². The van der Waals surface area contributed by atoms with Crippen LogP contribution in [0.1, 0.15) is 38.1 Å². The lowest BCUT2D eigenvalue weighted by Crippen LogP contribution is -2.35. The molecule has 1 aromatic heterocycles. The number of hydrogen-bond acceptors (Lipinski definition) is 7. The van der Waals surface area contributed by atoms with Crippen LogP contribution in [0.25, 0.3) is 0 Å². The van der Waals surface area contributed by atoms with Crippen LogP contribution < -0.4 is 16.4 Å². The van der Waals surface area contributed by atoms with Crippen molar-refractivity contribution >= 4 is 35.3 Å². The highest BCUT2D eigenvalue weighted by molar-refractivity contribution is 7.99. The van der Waals surface area contributed by atoms with Gasteiger partial charge < -0.3 is 16.4 Å². The van der Waals surface area contributed by atoms with Crippen LogP contribution in [0.3, 0.4) is 0 Å². The minimum Gasteiger partial charge on any atom is -0.368 e. The van der Waals surface area contributed by atoms with E-state index in [0.717, 1.165) is 24.1 Å². The van der Waals surface area contributed by atoms with Crippen molar-refractivity contribution in [1.82, 2.24) is 20.3 Å². The monoisotopic (exact) mass is 374 g/mol. The van der Waals surface area contributed by atoms with E-state index in [9.17, 15) is 4.79 Å². The van der Waals surface area contributed by atoms with Gasteiger partial charge in [-0.05, 0) is 31.4 Å². The Hall–Kier alpha value is -2.35. The Morgan fingerprint density at radius 1 is 1.19 bits per heavy atom. The molecule has 2 aromatic rings. The Morgan fingerprint density at radius 2 is 1.92 bits per heavy atom. The molecule has 0 atom stereocenters. The highest BCUT2D eigenvalue weighted by atomic mass is 32.2. The fraction of sp³-hybridized carbons (Fsp3) is 0.444. The predicted molar refractivity (Wildman–Crippen MR) is 107 cm³/mol. The number of carbonyl (C=O) groups is 1. The van der Waals surface area contributed by atoms with E-state index < -0.39 is 0 Å². The van der Waals surface area contributed by atoms with Gasteiger partial charge in [-0.15, -0.1) is 11.8 Å². The second-order valence-corrected chi connectivity index (χ2v) is 6.93. The number of para-hydroxylation sites is 1. The topological polar surface area (TPSA) is 106 Å². The summed E-state index contributed by atoms with van der Waals surface area (Å²) in [5, 5.41) is 6.18. The van der Waals surface area contributed by atoms with Gasteiger partial charge in [0.1, 0.15) is 5.82 Å². The van der Waals surface area contributed by atoms with Crippen molar-refractivity contribution in [2.24, 2.45) is 0 Å². The van der Waals surface area contributed by atoms with Crippen molar-refractivity contribution in [3.05, 3.63) is 35.7 Å². The van der Waals surface area contributed by atoms with Crippen LogP contribution >= 0.6 is 11.8 Å². The van der Waals surface area contributed by atoms with Gasteiger partial charge in [0.15, 0.2) is 0 Å². The number of rotatable bonds is 9. The lowest BCUT2D eigenvalue weighted by Gasteiger charge is -2.14. The number of thioether (sulfide) groups is 1. The Kier molecular flexibility index (Phi) is 7.65. The number of aryl methyl sites for hydroxylation is 1. The number of amides is 1. The molecule has 0 aliphatic carbocycles. The summed E-state index contributed by atoms with van der Waals surface area (Å²) in [4.78, 5) is 24.6. The summed E-state index contributed by atoms with van der Waals surface area (Å²) in [5.74, 6) is 2.00. The molecule has 0 bridgehead atoms. The molecular weight excluding hydrogens is 348 g/mol. The highest BCUT2D eigenvalue weighted by Crippen LogP contribution is 2.18. The zero-order valence-electron chi connectivity index (χ0n) is 15.5. The average molecular weight is 375 g/mol. The molecule has 8 heteroatoms. The number of nitrogen functional groups attached to an aromatic ring is 1. The molecule has 0 saturated heterocycles. The molecule has 26 heavy (non-hydrogen) atoms. The summed E-state index contributed by atoms with van der Waals surface area (Å²) >= 11 is 1.46. The van der Waals surface area contributed by atoms with Gasteiger partial charge in [-0.1, -0.05) is 32.0 Å². The van der Waals surface area contributed by atoms with Gasteiger partial charge in [0, 0.05) is 11.7 Å². The molecule has 4 N–H and O–H groups in total. The first-order valence-electron chi connectivity index (χ1n) is 8.72. The maximum absolute atomic E-state index is 12.0. The largest absolute Gasteiger partial charge is 0.368 e. The SMILES string of the molecule is CCC(CC)NC(=O)CSCc1nc(N)nc(Nc2ccccc2C)n1. The molecule has 0 unspecified atom stereocenters. The van der Waals surface area contributed by atoms with Gasteiger partial charge >= 0.3 is 0 Å². The Labute approximate surface area is 158 Å². The van der Waals surface area contributed by atoms with Crippen LogP contribution in [0.5, 0.6) is 0 Å². The first-order chi connectivity index (χ1) is 12.5. The summed E-state index contributed by atoms with van der Waals surface area (Å²) < 4.78 is 0. The second-order valence-electron chi connectivity index (χ2n) is 5.95. The normalized spacial score (nSPS) is 10.8. The number of benzene rings is 1. The zero-order valence-corrected chi connectivity index (χ0v) is 16.3. The van der Waals surface area contributed by atoms with Gasteiger partial charge in [0.25, 0.3) is 0 Å². The molecule has 0 fully saturated rings. The van der Waals surface area contributed by atoms with E-state index in [1.165, 1.54) is 11.8 Å². The van der Waals surface area contributed by atoms with Crippen molar-refractivity contribution in [3.63, 3.8) is 0 Å². The minimum atomic E-state index is 0.0315. The summed E-state index contributed by atoms with van der Waals surface area (Å²) in [7, 11) is 0. The van der Waals surface area contributed by atoms with E-state index in [2.05, 4.69) is 39.4 Å².